The Balaban J connectivity index is 0.00000625. The number of rotatable bonds is 7. The van der Waals surface area contributed by atoms with Crippen LogP contribution in [0.1, 0.15) is 42.6 Å². The number of hydrogen-bond donors (Lipinski definition) is 2. The predicted octanol–water partition coefficient (Wildman–Crippen LogP) is 2.71. The van der Waals surface area contributed by atoms with Crippen LogP contribution in [0.5, 0.6) is 0 Å². The third-order valence-corrected chi connectivity index (χ3v) is 5.68. The molecule has 0 radical (unpaired) electrons. The zero-order valence-electron chi connectivity index (χ0n) is 14.5. The van der Waals surface area contributed by atoms with Crippen molar-refractivity contribution in [2.75, 3.05) is 13.7 Å². The molecule has 0 aliphatic carbocycles. The molecule has 1 rings (SSSR count). The zero-order valence-corrected chi connectivity index (χ0v) is 16.1. The lowest BCUT2D eigenvalue weighted by Gasteiger charge is -2.31. The molecule has 0 atom stereocenters. The number of nitrogens with two attached hydrogens (primary N) is 1. The van der Waals surface area contributed by atoms with Crippen molar-refractivity contribution in [2.24, 2.45) is 5.73 Å². The third-order valence-electron chi connectivity index (χ3n) is 4.11. The fraction of sp³-hybridized carbons (Fsp3) is 0.533. The molecule has 0 fully saturated rings. The first-order valence-corrected chi connectivity index (χ1v) is 8.98. The van der Waals surface area contributed by atoms with Crippen LogP contribution in [0.3, 0.4) is 0 Å². The highest BCUT2D eigenvalue weighted by atomic mass is 35.5. The number of alkyl halides is 3. The van der Waals surface area contributed by atoms with Crippen LogP contribution >= 0.6 is 12.4 Å². The normalized spacial score (nSPS) is 12.4. The molecule has 0 bridgehead atoms. The molecule has 6 nitrogen and oxygen atoms in total. The summed E-state index contributed by atoms with van der Waals surface area (Å²) in [7, 11) is -3.33. The van der Waals surface area contributed by atoms with Gasteiger partial charge in [0.25, 0.3) is 0 Å². The van der Waals surface area contributed by atoms with Crippen LogP contribution in [-0.2, 0) is 20.9 Å². The molecule has 1 aromatic carbocycles. The molecular formula is C15H22ClF3N2O4S. The van der Waals surface area contributed by atoms with Gasteiger partial charge in [0.2, 0.25) is 10.0 Å². The highest BCUT2D eigenvalue weighted by Crippen LogP contribution is 2.34. The van der Waals surface area contributed by atoms with Gasteiger partial charge in [0.05, 0.1) is 23.1 Å². The number of benzene rings is 1. The molecule has 0 aliphatic heterocycles. The second-order valence-electron chi connectivity index (χ2n) is 5.49. The summed E-state index contributed by atoms with van der Waals surface area (Å²) in [6, 6.07) is 2.13. The molecule has 0 amide bonds. The Morgan fingerprint density at radius 3 is 2.15 bits per heavy atom. The van der Waals surface area contributed by atoms with Crippen molar-refractivity contribution >= 4 is 28.4 Å². The molecule has 0 unspecified atom stereocenters. The van der Waals surface area contributed by atoms with E-state index in [1.807, 2.05) is 0 Å². The van der Waals surface area contributed by atoms with Gasteiger partial charge in [-0.15, -0.1) is 12.4 Å². The van der Waals surface area contributed by atoms with Crippen LogP contribution in [0.15, 0.2) is 23.1 Å². The SMILES string of the molecule is CCC(CC)(CN)NS(=O)(=O)c1ccc(C(=O)OC)c(C(F)(F)F)c1.Cl. The monoisotopic (exact) mass is 418 g/mol. The number of nitrogens with one attached hydrogen (secondary N) is 1. The highest BCUT2D eigenvalue weighted by Gasteiger charge is 2.38. The van der Waals surface area contributed by atoms with E-state index < -0.39 is 43.7 Å². The van der Waals surface area contributed by atoms with Crippen LogP contribution in [0.25, 0.3) is 0 Å². The molecular weight excluding hydrogens is 397 g/mol. The summed E-state index contributed by atoms with van der Waals surface area (Å²) in [5.41, 5.74) is 2.53. The summed E-state index contributed by atoms with van der Waals surface area (Å²) in [5.74, 6) is -1.21. The van der Waals surface area contributed by atoms with Gasteiger partial charge in [-0.3, -0.25) is 0 Å². The van der Waals surface area contributed by atoms with Crippen molar-refractivity contribution < 1.29 is 31.1 Å². The minimum absolute atomic E-state index is 0. The average molecular weight is 419 g/mol. The second-order valence-corrected chi connectivity index (χ2v) is 7.18. The van der Waals surface area contributed by atoms with E-state index in [0.717, 1.165) is 19.2 Å². The molecule has 0 saturated heterocycles. The lowest BCUT2D eigenvalue weighted by atomic mass is 9.95. The third kappa shape index (κ3) is 5.32. The number of carbonyl (C=O) groups is 1. The minimum atomic E-state index is -4.92. The van der Waals surface area contributed by atoms with Gasteiger partial charge in [-0.05, 0) is 31.0 Å². The zero-order chi connectivity index (χ0) is 19.5. The molecule has 26 heavy (non-hydrogen) atoms. The Labute approximate surface area is 156 Å². The summed E-state index contributed by atoms with van der Waals surface area (Å²) >= 11 is 0. The minimum Gasteiger partial charge on any atom is -0.465 e. The van der Waals surface area contributed by atoms with Gasteiger partial charge in [0.1, 0.15) is 0 Å². The van der Waals surface area contributed by atoms with Gasteiger partial charge in [-0.25, -0.2) is 17.9 Å². The van der Waals surface area contributed by atoms with Gasteiger partial charge in [-0.1, -0.05) is 13.8 Å². The van der Waals surface area contributed by atoms with Crippen molar-refractivity contribution in [3.8, 4) is 0 Å². The maximum absolute atomic E-state index is 13.2. The Morgan fingerprint density at radius 2 is 1.77 bits per heavy atom. The molecule has 3 N–H and O–H groups in total. The molecule has 0 heterocycles. The topological polar surface area (TPSA) is 98.5 Å². The first-order valence-electron chi connectivity index (χ1n) is 7.50. The van der Waals surface area contributed by atoms with E-state index >= 15 is 0 Å². The maximum Gasteiger partial charge on any atom is 0.417 e. The van der Waals surface area contributed by atoms with Crippen molar-refractivity contribution in [1.82, 2.24) is 4.72 Å². The predicted molar refractivity (Wildman–Crippen MR) is 92.7 cm³/mol. The lowest BCUT2D eigenvalue weighted by molar-refractivity contribution is -0.138. The Bertz CT molecular complexity index is 727. The highest BCUT2D eigenvalue weighted by molar-refractivity contribution is 7.89. The average Bonchev–Trinajstić information content (AvgIpc) is 2.57. The Morgan fingerprint density at radius 1 is 1.23 bits per heavy atom. The van der Waals surface area contributed by atoms with Crippen LogP contribution < -0.4 is 10.5 Å². The van der Waals surface area contributed by atoms with Crippen LogP contribution in [-0.4, -0.2) is 33.6 Å². The summed E-state index contributed by atoms with van der Waals surface area (Å²) in [6.45, 7) is 3.44. The number of ether oxygens (including phenoxy) is 1. The van der Waals surface area contributed by atoms with E-state index in [4.69, 9.17) is 5.73 Å². The van der Waals surface area contributed by atoms with E-state index in [1.54, 1.807) is 13.8 Å². The fourth-order valence-electron chi connectivity index (χ4n) is 2.28. The number of sulfonamides is 1. The van der Waals surface area contributed by atoms with Crippen molar-refractivity contribution in [3.63, 3.8) is 0 Å². The quantitative estimate of drug-likeness (QED) is 0.663. The first kappa shape index (κ1) is 24.6. The number of carbonyl (C=O) groups excluding carboxylic acids is 1. The molecule has 0 aromatic heterocycles. The van der Waals surface area contributed by atoms with E-state index in [1.165, 1.54) is 0 Å². The van der Waals surface area contributed by atoms with Gasteiger partial charge in [0.15, 0.2) is 0 Å². The summed E-state index contributed by atoms with van der Waals surface area (Å²) in [4.78, 5) is 10.9. The van der Waals surface area contributed by atoms with Gasteiger partial charge in [-0.2, -0.15) is 13.2 Å². The molecule has 0 saturated carbocycles. The Hall–Kier alpha value is -1.36. The smallest absolute Gasteiger partial charge is 0.417 e. The van der Waals surface area contributed by atoms with Crippen molar-refractivity contribution in [3.05, 3.63) is 29.3 Å². The molecule has 0 aliphatic rings. The molecule has 150 valence electrons. The van der Waals surface area contributed by atoms with E-state index in [2.05, 4.69) is 9.46 Å². The van der Waals surface area contributed by atoms with Crippen LogP contribution in [0.2, 0.25) is 0 Å². The second kappa shape index (κ2) is 9.03. The van der Waals surface area contributed by atoms with Gasteiger partial charge in [0, 0.05) is 12.1 Å². The summed E-state index contributed by atoms with van der Waals surface area (Å²) < 4.78 is 71.3. The van der Waals surface area contributed by atoms with E-state index in [9.17, 15) is 26.4 Å². The van der Waals surface area contributed by atoms with E-state index in [-0.39, 0.29) is 19.0 Å². The molecule has 1 aromatic rings. The van der Waals surface area contributed by atoms with Crippen molar-refractivity contribution in [1.29, 1.82) is 0 Å². The summed E-state index contributed by atoms with van der Waals surface area (Å²) in [5, 5.41) is 0. The fourth-order valence-corrected chi connectivity index (χ4v) is 3.86. The van der Waals surface area contributed by atoms with Crippen LogP contribution in [0, 0.1) is 0 Å². The standard InChI is InChI=1S/C15H21F3N2O4S.ClH/c1-4-14(5-2,9-19)20-25(22,23)10-6-7-11(13(21)24-3)12(8-10)15(16,17)18;/h6-8,20H,4-5,9,19H2,1-3H3;1H. The number of methoxy groups -OCH3 is 1. The number of esters is 1. The largest absolute Gasteiger partial charge is 0.465 e. The number of halogens is 4. The van der Waals surface area contributed by atoms with Gasteiger partial charge >= 0.3 is 12.1 Å². The molecule has 0 spiro atoms. The van der Waals surface area contributed by atoms with Crippen LogP contribution in [0.4, 0.5) is 13.2 Å². The van der Waals surface area contributed by atoms with Gasteiger partial charge < -0.3 is 10.5 Å². The molecule has 11 heteroatoms. The van der Waals surface area contributed by atoms with Crippen molar-refractivity contribution in [2.45, 2.75) is 43.3 Å². The first-order chi connectivity index (χ1) is 11.5. The van der Waals surface area contributed by atoms with E-state index in [0.29, 0.717) is 18.9 Å². The Kier molecular flexibility index (Phi) is 8.55. The lowest BCUT2D eigenvalue weighted by Crippen LogP contribution is -2.52. The summed E-state index contributed by atoms with van der Waals surface area (Å²) in [6.07, 6.45) is -4.19. The number of hydrogen-bond acceptors (Lipinski definition) is 5. The maximum atomic E-state index is 13.2.